The van der Waals surface area contributed by atoms with E-state index in [4.69, 9.17) is 14.0 Å². The Kier molecular flexibility index (Phi) is 3.99. The molecule has 8 rings (SSSR count). The minimum Gasteiger partial charge on any atom is -0.447 e. The van der Waals surface area contributed by atoms with Gasteiger partial charge in [-0.2, -0.15) is 0 Å². The molecule has 6 aliphatic rings. The highest BCUT2D eigenvalue weighted by molar-refractivity contribution is 6.06. The fourth-order valence-electron chi connectivity index (χ4n) is 7.51. The summed E-state index contributed by atoms with van der Waals surface area (Å²) in [5.74, 6) is -3.06. The van der Waals surface area contributed by atoms with Crippen LogP contribution in [0.25, 0.3) is 11.0 Å². The molecule has 1 aliphatic carbocycles. The van der Waals surface area contributed by atoms with Crippen LogP contribution in [-0.4, -0.2) is 71.2 Å². The highest BCUT2D eigenvalue weighted by Crippen LogP contribution is 2.63. The molecule has 13 nitrogen and oxygen atoms in total. The first-order chi connectivity index (χ1) is 18.1. The van der Waals surface area contributed by atoms with E-state index in [1.807, 2.05) is 6.92 Å². The molecule has 4 N–H and O–H groups in total. The van der Waals surface area contributed by atoms with Crippen LogP contribution < -0.4 is 25.8 Å². The number of nitrogens with zero attached hydrogens (tertiary/aromatic N) is 3. The Morgan fingerprint density at radius 3 is 2.76 bits per heavy atom. The Morgan fingerprint density at radius 2 is 2.03 bits per heavy atom. The molecule has 200 valence electrons. The number of hydrogen-bond donors (Lipinski definition) is 4. The normalized spacial score (nSPS) is 39.5. The largest absolute Gasteiger partial charge is 0.447 e. The molecule has 6 unspecified atom stereocenters. The Bertz CT molecular complexity index is 1480. The molecular formula is C24H25FN6O7. The van der Waals surface area contributed by atoms with Crippen LogP contribution in [0.1, 0.15) is 32.3 Å². The van der Waals surface area contributed by atoms with Gasteiger partial charge in [0.1, 0.15) is 12.3 Å². The van der Waals surface area contributed by atoms with Crippen molar-refractivity contribution in [1.29, 1.82) is 0 Å². The van der Waals surface area contributed by atoms with Crippen molar-refractivity contribution in [2.45, 2.75) is 62.9 Å². The number of hydrogen-bond acceptors (Lipinski definition) is 10. The van der Waals surface area contributed by atoms with E-state index in [0.29, 0.717) is 5.56 Å². The summed E-state index contributed by atoms with van der Waals surface area (Å²) in [6.07, 6.45) is 0.193. The number of ether oxygens (including phenoxy) is 2. The number of aliphatic hydroxyl groups is 1. The highest BCUT2D eigenvalue weighted by atomic mass is 19.1. The molecular weight excluding hydrogens is 503 g/mol. The zero-order chi connectivity index (χ0) is 26.4. The fraction of sp³-hybridized carbons (Fsp3) is 0.583. The second kappa shape index (κ2) is 6.74. The second-order valence-corrected chi connectivity index (χ2v) is 11.2. The van der Waals surface area contributed by atoms with Crippen molar-refractivity contribution in [3.63, 3.8) is 0 Å². The molecule has 0 radical (unpaired) electrons. The minimum absolute atomic E-state index is 0.123. The molecule has 14 heteroatoms. The Labute approximate surface area is 214 Å². The lowest BCUT2D eigenvalue weighted by atomic mass is 9.53. The Hall–Kier alpha value is -3.49. The van der Waals surface area contributed by atoms with Crippen molar-refractivity contribution in [1.82, 2.24) is 21.1 Å². The first-order valence-corrected chi connectivity index (χ1v) is 12.8. The van der Waals surface area contributed by atoms with Crippen molar-refractivity contribution in [2.75, 3.05) is 23.0 Å². The highest BCUT2D eigenvalue weighted by Gasteiger charge is 2.85. The van der Waals surface area contributed by atoms with Gasteiger partial charge in [-0.15, -0.1) is 0 Å². The molecule has 0 bridgehead atoms. The quantitative estimate of drug-likeness (QED) is 0.436. The number of urea groups is 1. The summed E-state index contributed by atoms with van der Waals surface area (Å²) in [6.45, 7) is 3.98. The SMILES string of the molecule is CC1CN2c3c(cc4c(N5C(=O)OCC5C5CC5)noc4c3F)CC34C(=O)NC(=O)NC3(O)NC24C(C)O1. The molecule has 4 amide bonds. The summed E-state index contributed by atoms with van der Waals surface area (Å²) in [4.78, 5) is 41.6. The van der Waals surface area contributed by atoms with Crippen molar-refractivity contribution in [3.8, 4) is 0 Å². The molecule has 6 heterocycles. The number of carbonyl (C=O) groups excluding carboxylic acids is 3. The van der Waals surface area contributed by atoms with Gasteiger partial charge in [0.15, 0.2) is 17.1 Å². The molecule has 6 atom stereocenters. The number of aromatic nitrogens is 1. The number of fused-ring (bicyclic) bond motifs is 3. The molecule has 2 spiro atoms. The standard InChI is InChI=1S/C24H25FN6O7/c1-9-7-30-16-12(6-22-19(32)26-20(33)27-24(22,35)29-23(22,30)10(2)37-9)5-13-17(15(16)25)38-28-18(13)31-14(11-3-4-11)8-36-21(31)34/h5,9-11,14,29,35H,3-4,6-8H2,1-2H3,(H2,26,27,32,33). The van der Waals surface area contributed by atoms with Crippen molar-refractivity contribution >= 4 is 40.5 Å². The van der Waals surface area contributed by atoms with Crippen LogP contribution in [0, 0.1) is 17.2 Å². The summed E-state index contributed by atoms with van der Waals surface area (Å²) >= 11 is 0. The number of cyclic esters (lactones) is 1. The summed E-state index contributed by atoms with van der Waals surface area (Å²) in [5.41, 5.74) is -2.55. The molecule has 1 saturated carbocycles. The molecule has 1 aromatic carbocycles. The molecule has 1 aromatic heterocycles. The number of imide groups is 1. The van der Waals surface area contributed by atoms with Crippen molar-refractivity contribution in [3.05, 3.63) is 17.4 Å². The van der Waals surface area contributed by atoms with Crippen LogP contribution in [-0.2, 0) is 20.7 Å². The number of rotatable bonds is 2. The predicted molar refractivity (Wildman–Crippen MR) is 125 cm³/mol. The molecule has 38 heavy (non-hydrogen) atoms. The third-order valence-corrected chi connectivity index (χ3v) is 9.20. The molecule has 2 aromatic rings. The van der Waals surface area contributed by atoms with Crippen LogP contribution in [0.4, 0.5) is 25.5 Å². The van der Waals surface area contributed by atoms with Gasteiger partial charge in [0.25, 0.3) is 0 Å². The van der Waals surface area contributed by atoms with Gasteiger partial charge >= 0.3 is 12.1 Å². The van der Waals surface area contributed by atoms with E-state index in [-0.39, 0.29) is 60.1 Å². The lowest BCUT2D eigenvalue weighted by molar-refractivity contribution is -0.303. The third-order valence-electron chi connectivity index (χ3n) is 9.20. The smallest absolute Gasteiger partial charge is 0.416 e. The summed E-state index contributed by atoms with van der Waals surface area (Å²) in [6, 6.07) is 0.589. The average molecular weight is 528 g/mol. The van der Waals surface area contributed by atoms with Gasteiger partial charge in [-0.05, 0) is 50.7 Å². The summed E-state index contributed by atoms with van der Waals surface area (Å²) in [7, 11) is 0. The maximum atomic E-state index is 16.4. The van der Waals surface area contributed by atoms with E-state index >= 15 is 4.39 Å². The van der Waals surface area contributed by atoms with E-state index in [9.17, 15) is 19.5 Å². The van der Waals surface area contributed by atoms with E-state index in [2.05, 4.69) is 21.1 Å². The van der Waals surface area contributed by atoms with E-state index in [0.717, 1.165) is 12.8 Å². The zero-order valence-electron chi connectivity index (χ0n) is 20.5. The number of amides is 4. The van der Waals surface area contributed by atoms with Gasteiger partial charge in [-0.1, -0.05) is 5.16 Å². The van der Waals surface area contributed by atoms with Gasteiger partial charge in [0, 0.05) is 6.54 Å². The first kappa shape index (κ1) is 22.5. The third kappa shape index (κ3) is 2.34. The second-order valence-electron chi connectivity index (χ2n) is 11.2. The maximum Gasteiger partial charge on any atom is 0.416 e. The van der Waals surface area contributed by atoms with Gasteiger partial charge in [0.05, 0.1) is 29.3 Å². The van der Waals surface area contributed by atoms with Crippen LogP contribution in [0.2, 0.25) is 0 Å². The van der Waals surface area contributed by atoms with Crippen LogP contribution >= 0.6 is 0 Å². The van der Waals surface area contributed by atoms with Crippen molar-refractivity contribution in [2.24, 2.45) is 11.3 Å². The fourth-order valence-corrected chi connectivity index (χ4v) is 7.51. The average Bonchev–Trinajstić information content (AvgIpc) is 3.49. The number of anilines is 2. The zero-order valence-corrected chi connectivity index (χ0v) is 20.5. The minimum atomic E-state index is -2.10. The number of carbonyl (C=O) groups is 3. The molecule has 5 fully saturated rings. The van der Waals surface area contributed by atoms with Gasteiger partial charge < -0.3 is 24.0 Å². The van der Waals surface area contributed by atoms with Crippen LogP contribution in [0.15, 0.2) is 10.6 Å². The maximum absolute atomic E-state index is 16.4. The summed E-state index contributed by atoms with van der Waals surface area (Å²) in [5, 5.41) is 23.6. The number of nitrogens with one attached hydrogen (secondary N) is 3. The Morgan fingerprint density at radius 1 is 1.24 bits per heavy atom. The first-order valence-electron chi connectivity index (χ1n) is 12.8. The lowest BCUT2D eigenvalue weighted by Crippen LogP contribution is -3.03. The van der Waals surface area contributed by atoms with Crippen LogP contribution in [0.3, 0.4) is 0 Å². The topological polar surface area (TPSA) is 158 Å². The number of morpholine rings is 1. The molecule has 5 aliphatic heterocycles. The lowest BCUT2D eigenvalue weighted by Gasteiger charge is -2.76. The van der Waals surface area contributed by atoms with Crippen LogP contribution in [0.5, 0.6) is 0 Å². The van der Waals surface area contributed by atoms with E-state index in [1.165, 1.54) is 4.90 Å². The summed E-state index contributed by atoms with van der Waals surface area (Å²) < 4.78 is 33.3. The predicted octanol–water partition coefficient (Wildman–Crippen LogP) is 0.643. The number of halogens is 1. The number of benzene rings is 1. The molecule has 4 saturated heterocycles. The van der Waals surface area contributed by atoms with E-state index < -0.39 is 46.9 Å². The monoisotopic (exact) mass is 528 g/mol. The Balaban J connectivity index is 1.35. The van der Waals surface area contributed by atoms with Gasteiger partial charge in [-0.25, -0.2) is 19.3 Å². The van der Waals surface area contributed by atoms with E-state index in [1.54, 1.807) is 17.9 Å². The van der Waals surface area contributed by atoms with Gasteiger partial charge in [0.2, 0.25) is 17.3 Å². The van der Waals surface area contributed by atoms with Crippen molar-refractivity contribution < 1.29 is 37.9 Å². The van der Waals surface area contributed by atoms with Gasteiger partial charge in [-0.3, -0.25) is 20.3 Å².